The first-order valence-corrected chi connectivity index (χ1v) is 5.38. The normalized spacial score (nSPS) is 9.80. The Morgan fingerprint density at radius 2 is 2.10 bits per heavy atom. The van der Waals surface area contributed by atoms with Gasteiger partial charge in [0.05, 0.1) is 21.2 Å². The molecular formula is C5H4ClIN2S. The van der Waals surface area contributed by atoms with Gasteiger partial charge in [0.15, 0.2) is 5.16 Å². The molecule has 0 saturated heterocycles. The van der Waals surface area contributed by atoms with Crippen LogP contribution in [0.15, 0.2) is 17.6 Å². The van der Waals surface area contributed by atoms with Crippen molar-refractivity contribution in [1.82, 2.24) is 9.97 Å². The maximum atomic E-state index is 5.58. The molecule has 0 aliphatic heterocycles. The summed E-state index contributed by atoms with van der Waals surface area (Å²) in [6.45, 7) is 0. The number of hydrogen-bond donors (Lipinski definition) is 0. The average Bonchev–Trinajstić information content (AvgIpc) is 1.95. The smallest absolute Gasteiger partial charge is 0.188 e. The molecule has 1 aromatic heterocycles. The minimum Gasteiger partial charge on any atom is -0.230 e. The number of rotatable bonds is 2. The standard InChI is InChI=1S/C5H4ClIN2S/c6-4-1-8-5(9-2-4)10-3-7/h1-2H,3H2. The molecular weight excluding hydrogens is 282 g/mol. The summed E-state index contributed by atoms with van der Waals surface area (Å²) in [5.74, 6) is 0. The molecule has 0 aromatic carbocycles. The fraction of sp³-hybridized carbons (Fsp3) is 0.200. The van der Waals surface area contributed by atoms with E-state index in [4.69, 9.17) is 11.6 Å². The van der Waals surface area contributed by atoms with E-state index in [1.54, 1.807) is 24.2 Å². The predicted molar refractivity (Wildman–Crippen MR) is 51.8 cm³/mol. The number of nitrogens with zero attached hydrogens (tertiary/aromatic N) is 2. The van der Waals surface area contributed by atoms with Crippen LogP contribution in [0.1, 0.15) is 0 Å². The first-order valence-electron chi connectivity index (χ1n) is 2.49. The molecule has 1 heterocycles. The van der Waals surface area contributed by atoms with Crippen molar-refractivity contribution in [3.05, 3.63) is 17.4 Å². The molecule has 0 spiro atoms. The van der Waals surface area contributed by atoms with Crippen molar-refractivity contribution in [2.75, 3.05) is 3.76 Å². The fourth-order valence-electron chi connectivity index (χ4n) is 0.424. The van der Waals surface area contributed by atoms with Gasteiger partial charge in [0.2, 0.25) is 0 Å². The van der Waals surface area contributed by atoms with Crippen molar-refractivity contribution >= 4 is 46.0 Å². The topological polar surface area (TPSA) is 25.8 Å². The Morgan fingerprint density at radius 1 is 1.50 bits per heavy atom. The zero-order valence-corrected chi connectivity index (χ0v) is 8.65. The minimum absolute atomic E-state index is 0.581. The second-order valence-electron chi connectivity index (χ2n) is 1.44. The molecule has 0 radical (unpaired) electrons. The maximum absolute atomic E-state index is 5.58. The van der Waals surface area contributed by atoms with E-state index < -0.39 is 0 Å². The predicted octanol–water partition coefficient (Wildman–Crippen LogP) is 2.61. The van der Waals surface area contributed by atoms with Crippen LogP contribution in [0.25, 0.3) is 0 Å². The van der Waals surface area contributed by atoms with Gasteiger partial charge >= 0.3 is 0 Å². The van der Waals surface area contributed by atoms with Crippen molar-refractivity contribution in [2.45, 2.75) is 5.16 Å². The summed E-state index contributed by atoms with van der Waals surface area (Å²) in [6.07, 6.45) is 3.20. The number of hydrogen-bond acceptors (Lipinski definition) is 3. The quantitative estimate of drug-likeness (QED) is 0.362. The zero-order valence-electron chi connectivity index (χ0n) is 4.92. The molecule has 0 atom stereocenters. The van der Waals surface area contributed by atoms with E-state index in [0.29, 0.717) is 5.02 Å². The van der Waals surface area contributed by atoms with Crippen molar-refractivity contribution in [3.63, 3.8) is 0 Å². The summed E-state index contributed by atoms with van der Waals surface area (Å²) < 4.78 is 0.958. The van der Waals surface area contributed by atoms with Crippen LogP contribution in [-0.2, 0) is 0 Å². The second-order valence-corrected chi connectivity index (χ2v) is 4.61. The summed E-state index contributed by atoms with van der Waals surface area (Å²) in [6, 6.07) is 0. The lowest BCUT2D eigenvalue weighted by Crippen LogP contribution is -1.82. The van der Waals surface area contributed by atoms with Crippen LogP contribution in [0.5, 0.6) is 0 Å². The van der Waals surface area contributed by atoms with Crippen LogP contribution in [0.3, 0.4) is 0 Å². The van der Waals surface area contributed by atoms with E-state index in [-0.39, 0.29) is 0 Å². The highest BCUT2D eigenvalue weighted by atomic mass is 127. The average molecular weight is 287 g/mol. The van der Waals surface area contributed by atoms with Crippen molar-refractivity contribution in [1.29, 1.82) is 0 Å². The fourth-order valence-corrected chi connectivity index (χ4v) is 1.71. The van der Waals surface area contributed by atoms with E-state index in [9.17, 15) is 0 Å². The largest absolute Gasteiger partial charge is 0.230 e. The van der Waals surface area contributed by atoms with Gasteiger partial charge in [-0.2, -0.15) is 0 Å². The lowest BCUT2D eigenvalue weighted by Gasteiger charge is -1.92. The minimum atomic E-state index is 0.581. The van der Waals surface area contributed by atoms with Crippen molar-refractivity contribution < 1.29 is 0 Å². The van der Waals surface area contributed by atoms with Gasteiger partial charge in [-0.15, -0.1) is 0 Å². The molecule has 0 bridgehead atoms. The number of alkyl halides is 1. The number of aromatic nitrogens is 2. The van der Waals surface area contributed by atoms with Crippen LogP contribution < -0.4 is 0 Å². The number of thioether (sulfide) groups is 1. The van der Waals surface area contributed by atoms with Gasteiger partial charge in [-0.1, -0.05) is 46.0 Å². The van der Waals surface area contributed by atoms with Crippen LogP contribution in [-0.4, -0.2) is 13.7 Å². The molecule has 0 aliphatic rings. The Kier molecular flexibility index (Phi) is 3.72. The summed E-state index contributed by atoms with van der Waals surface area (Å²) in [4.78, 5) is 7.97. The first kappa shape index (κ1) is 8.55. The molecule has 1 aromatic rings. The third kappa shape index (κ3) is 2.59. The monoisotopic (exact) mass is 286 g/mol. The van der Waals surface area contributed by atoms with E-state index >= 15 is 0 Å². The van der Waals surface area contributed by atoms with E-state index in [1.807, 2.05) is 0 Å². The van der Waals surface area contributed by atoms with E-state index in [2.05, 4.69) is 32.6 Å². The van der Waals surface area contributed by atoms with Crippen molar-refractivity contribution in [3.8, 4) is 0 Å². The molecule has 0 aliphatic carbocycles. The Bertz CT molecular complexity index is 203. The molecule has 0 amide bonds. The van der Waals surface area contributed by atoms with Gasteiger partial charge in [0.1, 0.15) is 0 Å². The highest BCUT2D eigenvalue weighted by molar-refractivity contribution is 14.1. The van der Waals surface area contributed by atoms with Crippen LogP contribution in [0, 0.1) is 0 Å². The van der Waals surface area contributed by atoms with E-state index in [0.717, 1.165) is 8.92 Å². The first-order chi connectivity index (χ1) is 4.83. The second kappa shape index (κ2) is 4.35. The van der Waals surface area contributed by atoms with Crippen LogP contribution in [0.4, 0.5) is 0 Å². The molecule has 54 valence electrons. The Morgan fingerprint density at radius 3 is 2.60 bits per heavy atom. The van der Waals surface area contributed by atoms with Gasteiger partial charge in [0.25, 0.3) is 0 Å². The Balaban J connectivity index is 2.69. The van der Waals surface area contributed by atoms with Gasteiger partial charge in [-0.3, -0.25) is 0 Å². The summed E-state index contributed by atoms with van der Waals surface area (Å²) in [5.41, 5.74) is 0. The molecule has 10 heavy (non-hydrogen) atoms. The molecule has 0 unspecified atom stereocenters. The summed E-state index contributed by atoms with van der Waals surface area (Å²) in [7, 11) is 0. The maximum Gasteiger partial charge on any atom is 0.188 e. The Labute approximate surface area is 81.9 Å². The molecule has 0 fully saturated rings. The van der Waals surface area contributed by atoms with E-state index in [1.165, 1.54) is 0 Å². The third-order valence-corrected chi connectivity index (χ3v) is 2.49. The highest BCUT2D eigenvalue weighted by Gasteiger charge is 1.93. The summed E-state index contributed by atoms with van der Waals surface area (Å²) in [5, 5.41) is 1.36. The molecule has 5 heteroatoms. The Hall–Kier alpha value is 0.450. The SMILES string of the molecule is Clc1cnc(SCI)nc1. The lowest BCUT2D eigenvalue weighted by atomic mass is 10.7. The lowest BCUT2D eigenvalue weighted by molar-refractivity contribution is 0.970. The van der Waals surface area contributed by atoms with Crippen LogP contribution in [0.2, 0.25) is 5.02 Å². The van der Waals surface area contributed by atoms with Crippen LogP contribution >= 0.6 is 46.0 Å². The van der Waals surface area contributed by atoms with Gasteiger partial charge in [0, 0.05) is 0 Å². The summed E-state index contributed by atoms with van der Waals surface area (Å²) >= 11 is 9.42. The highest BCUT2D eigenvalue weighted by Crippen LogP contribution is 2.15. The number of halogens is 2. The molecule has 0 N–H and O–H groups in total. The van der Waals surface area contributed by atoms with Gasteiger partial charge in [-0.25, -0.2) is 9.97 Å². The molecule has 1 rings (SSSR count). The van der Waals surface area contributed by atoms with Gasteiger partial charge in [-0.05, 0) is 0 Å². The van der Waals surface area contributed by atoms with Crippen molar-refractivity contribution in [2.24, 2.45) is 0 Å². The zero-order chi connectivity index (χ0) is 7.40. The third-order valence-electron chi connectivity index (χ3n) is 0.780. The molecule has 0 saturated carbocycles. The molecule has 2 nitrogen and oxygen atoms in total. The van der Waals surface area contributed by atoms with Gasteiger partial charge < -0.3 is 0 Å².